The number of hydrogen-bond acceptors (Lipinski definition) is 7. The first-order chi connectivity index (χ1) is 20.8. The van der Waals surface area contributed by atoms with E-state index in [1.807, 2.05) is 56.0 Å². The Labute approximate surface area is 264 Å². The van der Waals surface area contributed by atoms with Gasteiger partial charge in [0.1, 0.15) is 6.04 Å². The third-order valence-electron chi connectivity index (χ3n) is 9.37. The van der Waals surface area contributed by atoms with Gasteiger partial charge in [-0.05, 0) is 36.2 Å². The maximum absolute atomic E-state index is 13.8. The summed E-state index contributed by atoms with van der Waals surface area (Å²) in [5, 5.41) is 2.86. The van der Waals surface area contributed by atoms with Crippen molar-refractivity contribution < 1.29 is 28.7 Å². The molecule has 1 aliphatic heterocycles. The Hall–Kier alpha value is -2.98. The van der Waals surface area contributed by atoms with Crippen LogP contribution in [0.2, 0.25) is 0 Å². The third-order valence-corrected chi connectivity index (χ3v) is 9.37. The largest absolute Gasteiger partial charge is 0.467 e. The first-order valence-corrected chi connectivity index (χ1v) is 16.0. The summed E-state index contributed by atoms with van der Waals surface area (Å²) in [5.41, 5.74) is 7.11. The number of likely N-dealkylation sites (N-methyl/N-ethyl adjacent to an activating group) is 1. The molecular weight excluding hydrogens is 560 g/mol. The molecule has 248 valence electrons. The highest BCUT2D eigenvalue weighted by molar-refractivity contribution is 5.86. The van der Waals surface area contributed by atoms with Crippen molar-refractivity contribution in [3.05, 3.63) is 35.9 Å². The Morgan fingerprint density at radius 2 is 1.68 bits per heavy atom. The minimum Gasteiger partial charge on any atom is -0.467 e. The summed E-state index contributed by atoms with van der Waals surface area (Å²) in [6.07, 6.45) is 2.36. The molecule has 0 radical (unpaired) electrons. The lowest BCUT2D eigenvalue weighted by Gasteiger charge is -2.40. The molecule has 1 aliphatic rings. The summed E-state index contributed by atoms with van der Waals surface area (Å²) in [7, 11) is 4.65. The molecule has 0 spiro atoms. The molecule has 3 amide bonds. The van der Waals surface area contributed by atoms with Crippen LogP contribution < -0.4 is 11.1 Å². The average molecular weight is 617 g/mol. The molecule has 0 saturated carbocycles. The van der Waals surface area contributed by atoms with Crippen LogP contribution in [0.5, 0.6) is 0 Å². The Balaban J connectivity index is 2.17. The second-order valence-corrected chi connectivity index (χ2v) is 12.8. The normalized spacial score (nSPS) is 19.8. The van der Waals surface area contributed by atoms with Crippen LogP contribution in [0.25, 0.3) is 0 Å². The lowest BCUT2D eigenvalue weighted by atomic mass is 9.84. The first-order valence-electron chi connectivity index (χ1n) is 16.0. The van der Waals surface area contributed by atoms with Crippen LogP contribution in [0.3, 0.4) is 0 Å². The van der Waals surface area contributed by atoms with Crippen LogP contribution in [-0.2, 0) is 35.1 Å². The molecule has 8 atom stereocenters. The number of methoxy groups -OCH3 is 2. The van der Waals surface area contributed by atoms with E-state index in [0.717, 1.165) is 18.4 Å². The fraction of sp³-hybridized carbons (Fsp3) is 0.706. The second-order valence-electron chi connectivity index (χ2n) is 12.8. The van der Waals surface area contributed by atoms with Gasteiger partial charge in [-0.2, -0.15) is 0 Å². The fourth-order valence-corrected chi connectivity index (χ4v) is 6.52. The van der Waals surface area contributed by atoms with Gasteiger partial charge < -0.3 is 30.3 Å². The standard InChI is InChI=1S/C34H56N4O6/c1-10-22(4)30(37(7)33(41)29(35)21(2)3)23(5)19-28(39)38-18-14-17-27(38)31(43-8)24(6)32(40)36-26(34(42)44-9)20-25-15-12-11-13-16-25/h11-13,15-16,21-24,26-27,29-31H,10,14,17-20,35H2,1-9H3,(H,36,40)/t22-,23+,24+,26-,27-,29-,30-,31+/m0/s1. The number of amides is 3. The maximum Gasteiger partial charge on any atom is 0.328 e. The number of nitrogens with zero attached hydrogens (tertiary/aromatic N) is 2. The molecule has 1 fully saturated rings. The van der Waals surface area contributed by atoms with Gasteiger partial charge in [0.05, 0.1) is 31.2 Å². The maximum atomic E-state index is 13.8. The minimum absolute atomic E-state index is 0.0104. The van der Waals surface area contributed by atoms with E-state index in [1.165, 1.54) is 7.11 Å². The van der Waals surface area contributed by atoms with Gasteiger partial charge in [0, 0.05) is 39.6 Å². The lowest BCUT2D eigenvalue weighted by Crippen LogP contribution is -2.54. The average Bonchev–Trinajstić information content (AvgIpc) is 3.49. The molecule has 3 N–H and O–H groups in total. The van der Waals surface area contributed by atoms with E-state index in [1.54, 1.807) is 26.0 Å². The van der Waals surface area contributed by atoms with Crippen molar-refractivity contribution in [2.75, 3.05) is 27.8 Å². The van der Waals surface area contributed by atoms with Gasteiger partial charge in [0.15, 0.2) is 0 Å². The number of rotatable bonds is 16. The summed E-state index contributed by atoms with van der Waals surface area (Å²) < 4.78 is 10.8. The number of hydrogen-bond donors (Lipinski definition) is 2. The van der Waals surface area contributed by atoms with Crippen molar-refractivity contribution in [1.29, 1.82) is 0 Å². The van der Waals surface area contributed by atoms with E-state index in [4.69, 9.17) is 15.2 Å². The number of nitrogens with two attached hydrogens (primary N) is 1. The highest BCUT2D eigenvalue weighted by Crippen LogP contribution is 2.30. The molecule has 1 aromatic rings. The molecule has 0 aromatic heterocycles. The molecule has 1 aromatic carbocycles. The Morgan fingerprint density at radius 1 is 1.05 bits per heavy atom. The Bertz CT molecular complexity index is 1080. The summed E-state index contributed by atoms with van der Waals surface area (Å²) in [4.78, 5) is 56.6. The number of nitrogens with one attached hydrogen (secondary N) is 1. The van der Waals surface area contributed by atoms with Crippen LogP contribution in [0.1, 0.15) is 72.8 Å². The lowest BCUT2D eigenvalue weighted by molar-refractivity contribution is -0.147. The third kappa shape index (κ3) is 9.51. The van der Waals surface area contributed by atoms with E-state index in [2.05, 4.69) is 19.2 Å². The topological polar surface area (TPSA) is 131 Å². The molecular formula is C34H56N4O6. The monoisotopic (exact) mass is 616 g/mol. The zero-order valence-electron chi connectivity index (χ0n) is 28.2. The van der Waals surface area contributed by atoms with Crippen molar-refractivity contribution in [3.8, 4) is 0 Å². The molecule has 0 unspecified atom stereocenters. The first kappa shape index (κ1) is 37.2. The quantitative estimate of drug-likeness (QED) is 0.272. The fourth-order valence-electron chi connectivity index (χ4n) is 6.52. The van der Waals surface area contributed by atoms with E-state index in [9.17, 15) is 19.2 Å². The Morgan fingerprint density at radius 3 is 2.23 bits per heavy atom. The van der Waals surface area contributed by atoms with E-state index < -0.39 is 30.1 Å². The van der Waals surface area contributed by atoms with Gasteiger partial charge in [0.2, 0.25) is 17.7 Å². The zero-order chi connectivity index (χ0) is 33.1. The summed E-state index contributed by atoms with van der Waals surface area (Å²) in [5.74, 6) is -1.54. The SMILES string of the molecule is CC[C@H](C)[C@@H]([C@H](C)CC(=O)N1CCC[C@H]1[C@H](OC)[C@@H](C)C(=O)N[C@@H](Cc1ccccc1)C(=O)OC)N(C)C(=O)[C@@H](N)C(C)C. The molecule has 0 aliphatic carbocycles. The highest BCUT2D eigenvalue weighted by atomic mass is 16.5. The predicted molar refractivity (Wildman–Crippen MR) is 171 cm³/mol. The van der Waals surface area contributed by atoms with Crippen LogP contribution in [-0.4, -0.2) is 91.6 Å². The molecule has 0 bridgehead atoms. The van der Waals surface area contributed by atoms with Gasteiger partial charge in [-0.3, -0.25) is 14.4 Å². The summed E-state index contributed by atoms with van der Waals surface area (Å²) in [6, 6.07) is 7.55. The minimum atomic E-state index is -0.849. The van der Waals surface area contributed by atoms with Gasteiger partial charge in [-0.15, -0.1) is 0 Å². The van der Waals surface area contributed by atoms with E-state index >= 15 is 0 Å². The number of carbonyl (C=O) groups is 4. The van der Waals surface area contributed by atoms with Gasteiger partial charge >= 0.3 is 5.97 Å². The predicted octanol–water partition coefficient (Wildman–Crippen LogP) is 3.41. The number of ether oxygens (including phenoxy) is 2. The molecule has 1 heterocycles. The summed E-state index contributed by atoms with van der Waals surface area (Å²) in [6.45, 7) is 12.4. The number of benzene rings is 1. The molecule has 10 nitrogen and oxygen atoms in total. The highest BCUT2D eigenvalue weighted by Gasteiger charge is 2.42. The second kappa shape index (κ2) is 17.5. The number of carbonyl (C=O) groups excluding carboxylic acids is 4. The van der Waals surface area contributed by atoms with Crippen molar-refractivity contribution in [3.63, 3.8) is 0 Å². The van der Waals surface area contributed by atoms with E-state index in [0.29, 0.717) is 19.4 Å². The summed E-state index contributed by atoms with van der Waals surface area (Å²) >= 11 is 0. The molecule has 2 rings (SSSR count). The van der Waals surface area contributed by atoms with Crippen molar-refractivity contribution >= 4 is 23.7 Å². The Kier molecular flexibility index (Phi) is 14.8. The van der Waals surface area contributed by atoms with Crippen LogP contribution >= 0.6 is 0 Å². The smallest absolute Gasteiger partial charge is 0.328 e. The van der Waals surface area contributed by atoms with Gasteiger partial charge in [-0.25, -0.2) is 4.79 Å². The van der Waals surface area contributed by atoms with Crippen LogP contribution in [0, 0.1) is 23.7 Å². The van der Waals surface area contributed by atoms with Crippen molar-refractivity contribution in [2.45, 2.75) is 104 Å². The van der Waals surface area contributed by atoms with Crippen molar-refractivity contribution in [1.82, 2.24) is 15.1 Å². The zero-order valence-corrected chi connectivity index (χ0v) is 28.2. The number of esters is 1. The van der Waals surface area contributed by atoms with E-state index in [-0.39, 0.29) is 54.0 Å². The molecule has 1 saturated heterocycles. The van der Waals surface area contributed by atoms with Gasteiger partial charge in [0.25, 0.3) is 0 Å². The molecule has 10 heteroatoms. The van der Waals surface area contributed by atoms with Crippen LogP contribution in [0.4, 0.5) is 0 Å². The number of likely N-dealkylation sites (tertiary alicyclic amines) is 1. The van der Waals surface area contributed by atoms with Gasteiger partial charge in [-0.1, -0.05) is 78.3 Å². The molecule has 44 heavy (non-hydrogen) atoms. The van der Waals surface area contributed by atoms with Crippen molar-refractivity contribution in [2.24, 2.45) is 29.4 Å². The van der Waals surface area contributed by atoms with Crippen LogP contribution in [0.15, 0.2) is 30.3 Å².